The Kier molecular flexibility index (Phi) is 1.58. The maximum absolute atomic E-state index is 5.56. The second kappa shape index (κ2) is 2.07. The fraction of sp³-hybridized carbons (Fsp3) is 0.250. The van der Waals surface area contributed by atoms with Crippen LogP contribution < -0.4 is 0 Å². The largest absolute Gasteiger partial charge is 0.332 e. The summed E-state index contributed by atoms with van der Waals surface area (Å²) in [6, 6.07) is 0. The molecule has 0 aliphatic rings. The Labute approximate surface area is 60.4 Å². The lowest BCUT2D eigenvalue weighted by Crippen LogP contribution is -1.68. The molecule has 0 aliphatic carbocycles. The predicted octanol–water partition coefficient (Wildman–Crippen LogP) is 2.13. The summed E-state index contributed by atoms with van der Waals surface area (Å²) >= 11 is 8.71. The van der Waals surface area contributed by atoms with Gasteiger partial charge in [-0.25, -0.2) is 4.98 Å². The first-order chi connectivity index (χ1) is 3.70. The number of halogens is 2. The van der Waals surface area contributed by atoms with E-state index in [4.69, 9.17) is 11.6 Å². The Hall–Kier alpha value is -0.0200. The number of aromatic amines is 1. The molecule has 1 heterocycles. The second-order valence-corrected chi connectivity index (χ2v) is 2.56. The molecule has 0 aliphatic heterocycles. The Balaban J connectivity index is 3.14. The summed E-state index contributed by atoms with van der Waals surface area (Å²) in [6.07, 6.45) is 0. The normalized spacial score (nSPS) is 9.88. The number of aryl methyl sites for hydroxylation is 1. The molecule has 44 valence electrons. The van der Waals surface area contributed by atoms with Crippen molar-refractivity contribution in [2.24, 2.45) is 0 Å². The zero-order valence-corrected chi connectivity index (χ0v) is 6.55. The first-order valence-electron chi connectivity index (χ1n) is 2.08. The molecule has 0 spiro atoms. The molecule has 0 amide bonds. The van der Waals surface area contributed by atoms with Crippen LogP contribution in [0.3, 0.4) is 0 Å². The minimum atomic E-state index is 0.558. The zero-order valence-electron chi connectivity index (χ0n) is 4.20. The summed E-state index contributed by atoms with van der Waals surface area (Å²) in [5.41, 5.74) is 0. The van der Waals surface area contributed by atoms with Crippen molar-refractivity contribution < 1.29 is 0 Å². The van der Waals surface area contributed by atoms with Gasteiger partial charge in [0.25, 0.3) is 0 Å². The first kappa shape index (κ1) is 6.11. The standard InChI is InChI=1S/C4H4BrClN2/c1-2-7-3(5)4(6)8-2/h1H3,(H,7,8). The van der Waals surface area contributed by atoms with E-state index in [0.717, 1.165) is 5.82 Å². The van der Waals surface area contributed by atoms with Crippen molar-refractivity contribution in [3.63, 3.8) is 0 Å². The first-order valence-corrected chi connectivity index (χ1v) is 3.25. The number of H-pyrrole nitrogens is 1. The fourth-order valence-electron chi connectivity index (χ4n) is 0.435. The van der Waals surface area contributed by atoms with Gasteiger partial charge in [0.05, 0.1) is 0 Å². The van der Waals surface area contributed by atoms with E-state index in [1.807, 2.05) is 6.92 Å². The smallest absolute Gasteiger partial charge is 0.143 e. The van der Waals surface area contributed by atoms with E-state index in [1.165, 1.54) is 0 Å². The maximum Gasteiger partial charge on any atom is 0.143 e. The minimum Gasteiger partial charge on any atom is -0.332 e. The number of nitrogens with zero attached hydrogens (tertiary/aromatic N) is 1. The molecule has 0 bridgehead atoms. The van der Waals surface area contributed by atoms with Crippen LogP contribution in [0.5, 0.6) is 0 Å². The molecule has 4 heteroatoms. The number of hydrogen-bond donors (Lipinski definition) is 1. The molecule has 0 unspecified atom stereocenters. The van der Waals surface area contributed by atoms with Gasteiger partial charge in [-0.1, -0.05) is 11.6 Å². The molecule has 0 aromatic carbocycles. The van der Waals surface area contributed by atoms with Gasteiger partial charge in [0.15, 0.2) is 0 Å². The summed E-state index contributed by atoms with van der Waals surface area (Å²) in [4.78, 5) is 6.75. The number of imidazole rings is 1. The topological polar surface area (TPSA) is 28.7 Å². The molecule has 2 nitrogen and oxygen atoms in total. The van der Waals surface area contributed by atoms with Crippen molar-refractivity contribution in [1.82, 2.24) is 9.97 Å². The average Bonchev–Trinajstić information content (AvgIpc) is 1.85. The SMILES string of the molecule is Cc1nc(Br)c(Cl)[nH]1. The van der Waals surface area contributed by atoms with E-state index >= 15 is 0 Å². The van der Waals surface area contributed by atoms with E-state index < -0.39 is 0 Å². The van der Waals surface area contributed by atoms with E-state index in [-0.39, 0.29) is 0 Å². The Morgan fingerprint density at radius 1 is 1.75 bits per heavy atom. The highest BCUT2D eigenvalue weighted by Gasteiger charge is 1.98. The highest BCUT2D eigenvalue weighted by molar-refractivity contribution is 9.10. The summed E-state index contributed by atoms with van der Waals surface area (Å²) < 4.78 is 0.677. The quantitative estimate of drug-likeness (QED) is 0.675. The van der Waals surface area contributed by atoms with Crippen molar-refractivity contribution in [2.45, 2.75) is 6.92 Å². The number of aromatic nitrogens is 2. The molecule has 1 N–H and O–H groups in total. The van der Waals surface area contributed by atoms with Crippen molar-refractivity contribution in [1.29, 1.82) is 0 Å². The monoisotopic (exact) mass is 194 g/mol. The molecule has 1 rings (SSSR count). The lowest BCUT2D eigenvalue weighted by atomic mass is 10.8. The highest BCUT2D eigenvalue weighted by atomic mass is 79.9. The lowest BCUT2D eigenvalue weighted by Gasteiger charge is -1.74. The average molecular weight is 195 g/mol. The summed E-state index contributed by atoms with van der Waals surface area (Å²) in [5.74, 6) is 0.821. The number of nitrogens with one attached hydrogen (secondary N) is 1. The zero-order chi connectivity index (χ0) is 6.15. The molecule has 0 atom stereocenters. The van der Waals surface area contributed by atoms with Crippen LogP contribution in [0.4, 0.5) is 0 Å². The molecule has 0 saturated heterocycles. The van der Waals surface area contributed by atoms with E-state index in [1.54, 1.807) is 0 Å². The van der Waals surface area contributed by atoms with Gasteiger partial charge >= 0.3 is 0 Å². The fourth-order valence-corrected chi connectivity index (χ4v) is 0.979. The Morgan fingerprint density at radius 2 is 2.38 bits per heavy atom. The molecule has 0 radical (unpaired) electrons. The van der Waals surface area contributed by atoms with Gasteiger partial charge in [-0.3, -0.25) is 0 Å². The third kappa shape index (κ3) is 1.03. The van der Waals surface area contributed by atoms with Gasteiger partial charge in [0, 0.05) is 0 Å². The van der Waals surface area contributed by atoms with Crippen LogP contribution >= 0.6 is 27.5 Å². The third-order valence-electron chi connectivity index (χ3n) is 0.738. The van der Waals surface area contributed by atoms with Crippen LogP contribution in [0.25, 0.3) is 0 Å². The van der Waals surface area contributed by atoms with Crippen LogP contribution in [0, 0.1) is 6.92 Å². The van der Waals surface area contributed by atoms with Crippen molar-refractivity contribution >= 4 is 27.5 Å². The second-order valence-electron chi connectivity index (χ2n) is 1.43. The van der Waals surface area contributed by atoms with E-state index in [9.17, 15) is 0 Å². The van der Waals surface area contributed by atoms with Crippen LogP contribution in [-0.2, 0) is 0 Å². The lowest BCUT2D eigenvalue weighted by molar-refractivity contribution is 1.14. The summed E-state index contributed by atoms with van der Waals surface area (Å²) in [7, 11) is 0. The van der Waals surface area contributed by atoms with Crippen LogP contribution in [0.1, 0.15) is 5.82 Å². The number of hydrogen-bond acceptors (Lipinski definition) is 1. The van der Waals surface area contributed by atoms with Crippen molar-refractivity contribution in [3.8, 4) is 0 Å². The van der Waals surface area contributed by atoms with Crippen molar-refractivity contribution in [2.75, 3.05) is 0 Å². The minimum absolute atomic E-state index is 0.558. The van der Waals surface area contributed by atoms with E-state index in [2.05, 4.69) is 25.9 Å². The number of rotatable bonds is 0. The Morgan fingerprint density at radius 3 is 2.50 bits per heavy atom. The molecular weight excluding hydrogens is 191 g/mol. The van der Waals surface area contributed by atoms with Crippen LogP contribution in [-0.4, -0.2) is 9.97 Å². The molecular formula is C4H4BrClN2. The predicted molar refractivity (Wildman–Crippen MR) is 36.0 cm³/mol. The molecule has 0 fully saturated rings. The van der Waals surface area contributed by atoms with Gasteiger partial charge in [0.2, 0.25) is 0 Å². The molecule has 0 saturated carbocycles. The van der Waals surface area contributed by atoms with Crippen LogP contribution in [0.2, 0.25) is 5.15 Å². The molecule has 1 aromatic rings. The van der Waals surface area contributed by atoms with Crippen LogP contribution in [0.15, 0.2) is 4.60 Å². The summed E-state index contributed by atoms with van der Waals surface area (Å²) in [5, 5.41) is 0.558. The molecule has 8 heavy (non-hydrogen) atoms. The Bertz CT molecular complexity index is 176. The third-order valence-corrected chi connectivity index (χ3v) is 1.81. The van der Waals surface area contributed by atoms with Gasteiger partial charge in [0.1, 0.15) is 15.6 Å². The van der Waals surface area contributed by atoms with Crippen molar-refractivity contribution in [3.05, 3.63) is 15.6 Å². The highest BCUT2D eigenvalue weighted by Crippen LogP contribution is 2.17. The summed E-state index contributed by atoms with van der Waals surface area (Å²) in [6.45, 7) is 1.84. The molecule has 1 aromatic heterocycles. The van der Waals surface area contributed by atoms with Gasteiger partial charge in [-0.15, -0.1) is 0 Å². The van der Waals surface area contributed by atoms with Gasteiger partial charge in [-0.05, 0) is 22.9 Å². The van der Waals surface area contributed by atoms with Gasteiger partial charge in [-0.2, -0.15) is 0 Å². The maximum atomic E-state index is 5.56. The van der Waals surface area contributed by atoms with Gasteiger partial charge < -0.3 is 4.98 Å². The van der Waals surface area contributed by atoms with E-state index in [0.29, 0.717) is 9.76 Å².